The molecule has 0 bridgehead atoms. The Kier molecular flexibility index (Phi) is 48.8. The Balaban J connectivity index is 0.00000572. The highest BCUT2D eigenvalue weighted by atomic mass is 16.5. The predicted molar refractivity (Wildman–Crippen MR) is 283 cm³/mol. The Morgan fingerprint density at radius 1 is 0.418 bits per heavy atom. The fourth-order valence-corrected chi connectivity index (χ4v) is 8.78. The van der Waals surface area contributed by atoms with Crippen LogP contribution < -0.4 is 0 Å². The second-order valence-corrected chi connectivity index (χ2v) is 19.6. The first-order valence-corrected chi connectivity index (χ1v) is 28.6. The number of esters is 1. The smallest absolute Gasteiger partial charge is 0.305 e. The van der Waals surface area contributed by atoms with E-state index in [-0.39, 0.29) is 24.3 Å². The molecule has 1 saturated heterocycles. The SMILES string of the molecule is CCCCCCCCCN(CCCCCCCCC)CCN(CCCCCCCCC)CC(=O)N1CCN(C(=O)CN(CCCC=O)CCCC(=O)OCCCCC)CC1.CCCCCOC. The van der Waals surface area contributed by atoms with Crippen molar-refractivity contribution in [1.29, 1.82) is 0 Å². The van der Waals surface area contributed by atoms with E-state index in [0.29, 0.717) is 78.1 Å². The van der Waals surface area contributed by atoms with Gasteiger partial charge >= 0.3 is 5.97 Å². The van der Waals surface area contributed by atoms with Crippen molar-refractivity contribution in [2.75, 3.05) is 105 Å². The second-order valence-electron chi connectivity index (χ2n) is 19.6. The molecule has 0 aliphatic carbocycles. The first kappa shape index (κ1) is 64.9. The fourth-order valence-electron chi connectivity index (χ4n) is 8.78. The largest absolute Gasteiger partial charge is 0.466 e. The van der Waals surface area contributed by atoms with Crippen molar-refractivity contribution in [3.63, 3.8) is 0 Å². The number of hydrogen-bond acceptors (Lipinski definition) is 9. The van der Waals surface area contributed by atoms with Gasteiger partial charge < -0.3 is 29.0 Å². The van der Waals surface area contributed by atoms with E-state index in [1.165, 1.54) is 161 Å². The third-order valence-corrected chi connectivity index (χ3v) is 13.3. The van der Waals surface area contributed by atoms with E-state index in [1.54, 1.807) is 7.11 Å². The highest BCUT2D eigenvalue weighted by molar-refractivity contribution is 5.80. The molecule has 0 unspecified atom stereocenters. The quantitative estimate of drug-likeness (QED) is 0.0335. The van der Waals surface area contributed by atoms with E-state index in [2.05, 4.69) is 49.3 Å². The van der Waals surface area contributed by atoms with Crippen LogP contribution in [-0.4, -0.2) is 154 Å². The van der Waals surface area contributed by atoms with E-state index in [4.69, 9.17) is 9.47 Å². The Morgan fingerprint density at radius 3 is 1.19 bits per heavy atom. The number of hydrogen-bond donors (Lipinski definition) is 0. The Bertz CT molecular complexity index is 1080. The monoisotopic (exact) mass is 950 g/mol. The van der Waals surface area contributed by atoms with Crippen molar-refractivity contribution < 1.29 is 28.7 Å². The minimum atomic E-state index is -0.184. The first-order chi connectivity index (χ1) is 32.8. The van der Waals surface area contributed by atoms with Gasteiger partial charge in [-0.1, -0.05) is 176 Å². The summed E-state index contributed by atoms with van der Waals surface area (Å²) in [5, 5.41) is 0. The minimum Gasteiger partial charge on any atom is -0.466 e. The molecule has 67 heavy (non-hydrogen) atoms. The Morgan fingerprint density at radius 2 is 0.761 bits per heavy atom. The summed E-state index contributed by atoms with van der Waals surface area (Å²) in [5.74, 6) is 0.0575. The van der Waals surface area contributed by atoms with Crippen molar-refractivity contribution >= 4 is 24.1 Å². The van der Waals surface area contributed by atoms with Gasteiger partial charge in [-0.05, 0) is 77.7 Å². The van der Waals surface area contributed by atoms with Crippen molar-refractivity contribution in [2.45, 2.75) is 234 Å². The average molecular weight is 951 g/mol. The number of carbonyl (C=O) groups excluding carboxylic acids is 4. The van der Waals surface area contributed by atoms with Crippen molar-refractivity contribution in [3.05, 3.63) is 0 Å². The number of ether oxygens (including phenoxy) is 2. The number of aldehydes is 1. The average Bonchev–Trinajstić information content (AvgIpc) is 3.33. The summed E-state index contributed by atoms with van der Waals surface area (Å²) in [7, 11) is 1.75. The zero-order valence-corrected chi connectivity index (χ0v) is 45.3. The zero-order chi connectivity index (χ0) is 49.3. The van der Waals surface area contributed by atoms with Crippen LogP contribution in [0.2, 0.25) is 0 Å². The lowest BCUT2D eigenvalue weighted by molar-refractivity contribution is -0.144. The molecule has 0 radical (unpaired) electrons. The molecule has 2 amide bonds. The fraction of sp³-hybridized carbons (Fsp3) is 0.929. The van der Waals surface area contributed by atoms with Gasteiger partial charge in [-0.15, -0.1) is 0 Å². The number of unbranched alkanes of at least 4 members (excludes halogenated alkanes) is 23. The Hall–Kier alpha value is -2.08. The van der Waals surface area contributed by atoms with Crippen LogP contribution in [0.25, 0.3) is 0 Å². The van der Waals surface area contributed by atoms with Crippen LogP contribution in [-0.2, 0) is 28.7 Å². The third-order valence-electron chi connectivity index (χ3n) is 13.3. The molecule has 11 heteroatoms. The van der Waals surface area contributed by atoms with Crippen LogP contribution in [0, 0.1) is 0 Å². The number of rotatable bonds is 47. The van der Waals surface area contributed by atoms with E-state index in [9.17, 15) is 19.2 Å². The summed E-state index contributed by atoms with van der Waals surface area (Å²) in [4.78, 5) is 61.6. The van der Waals surface area contributed by atoms with Gasteiger partial charge in [-0.2, -0.15) is 0 Å². The van der Waals surface area contributed by atoms with Crippen molar-refractivity contribution in [1.82, 2.24) is 24.5 Å². The number of amides is 2. The first-order valence-electron chi connectivity index (χ1n) is 28.6. The zero-order valence-electron chi connectivity index (χ0n) is 45.3. The van der Waals surface area contributed by atoms with Gasteiger partial charge in [0.1, 0.15) is 6.29 Å². The molecule has 0 aromatic carbocycles. The van der Waals surface area contributed by atoms with Crippen molar-refractivity contribution in [2.24, 2.45) is 0 Å². The van der Waals surface area contributed by atoms with Crippen LogP contribution in [0.3, 0.4) is 0 Å². The summed E-state index contributed by atoms with van der Waals surface area (Å²) in [6, 6.07) is 0. The van der Waals surface area contributed by atoms with Gasteiger partial charge in [0.25, 0.3) is 0 Å². The normalized spacial score (nSPS) is 12.9. The molecule has 1 aliphatic rings. The van der Waals surface area contributed by atoms with Gasteiger partial charge in [-0.25, -0.2) is 0 Å². The van der Waals surface area contributed by atoms with Crippen molar-refractivity contribution in [3.8, 4) is 0 Å². The van der Waals surface area contributed by atoms with Gasteiger partial charge in [0, 0.05) is 65.8 Å². The van der Waals surface area contributed by atoms with Crippen LogP contribution in [0.5, 0.6) is 0 Å². The number of nitrogens with zero attached hydrogens (tertiary/aromatic N) is 5. The molecule has 1 aliphatic heterocycles. The highest BCUT2D eigenvalue weighted by Gasteiger charge is 2.26. The number of piperazine rings is 1. The lowest BCUT2D eigenvalue weighted by atomic mass is 10.1. The highest BCUT2D eigenvalue weighted by Crippen LogP contribution is 2.13. The lowest BCUT2D eigenvalue weighted by Crippen LogP contribution is -2.54. The standard InChI is InChI=1S/C50H97N5O5.C6H14O/c1-5-9-13-16-19-22-25-33-51(34-26-23-20-17-14-10-6-2)38-39-53(35-27-24-21-18-15-11-7-3)47-49(58)55-42-40-54(41-43-55)48(57)46-52(36-28-29-44-56)37-31-32-50(59)60-45-30-12-8-4;1-3-4-5-6-7-2/h44H,5-43,45-47H2,1-4H3;3-6H2,1-2H3. The minimum absolute atomic E-state index is 0.0536. The summed E-state index contributed by atoms with van der Waals surface area (Å²) >= 11 is 0. The molecule has 0 aromatic heterocycles. The molecule has 1 heterocycles. The maximum absolute atomic E-state index is 13.9. The number of methoxy groups -OCH3 is 1. The van der Waals surface area contributed by atoms with Crippen LogP contribution in [0.15, 0.2) is 0 Å². The molecule has 0 atom stereocenters. The topological polar surface area (TPSA) is 103 Å². The summed E-state index contributed by atoms with van der Waals surface area (Å²) in [5.41, 5.74) is 0. The molecule has 0 spiro atoms. The molecule has 0 N–H and O–H groups in total. The molecule has 1 fully saturated rings. The van der Waals surface area contributed by atoms with Gasteiger partial charge in [-0.3, -0.25) is 24.2 Å². The second kappa shape index (κ2) is 50.3. The van der Waals surface area contributed by atoms with E-state index < -0.39 is 0 Å². The van der Waals surface area contributed by atoms with E-state index >= 15 is 0 Å². The molecule has 11 nitrogen and oxygen atoms in total. The summed E-state index contributed by atoms with van der Waals surface area (Å²) < 4.78 is 10.2. The molecule has 0 saturated carbocycles. The molecule has 396 valence electrons. The Labute approximate surface area is 414 Å². The maximum atomic E-state index is 13.9. The van der Waals surface area contributed by atoms with Crippen LogP contribution in [0.1, 0.15) is 234 Å². The van der Waals surface area contributed by atoms with Gasteiger partial charge in [0.2, 0.25) is 11.8 Å². The predicted octanol–water partition coefficient (Wildman–Crippen LogP) is 12.1. The molecular weight excluding hydrogens is 839 g/mol. The summed E-state index contributed by atoms with van der Waals surface area (Å²) in [6.07, 6.45) is 37.4. The van der Waals surface area contributed by atoms with Gasteiger partial charge in [0.15, 0.2) is 0 Å². The van der Waals surface area contributed by atoms with E-state index in [1.807, 2.05) is 9.80 Å². The number of carbonyl (C=O) groups is 4. The molecule has 1 rings (SSSR count). The molecular formula is C56H111N5O6. The molecule has 0 aromatic rings. The summed E-state index contributed by atoms with van der Waals surface area (Å²) in [6.45, 7) is 22.0. The maximum Gasteiger partial charge on any atom is 0.305 e. The lowest BCUT2D eigenvalue weighted by Gasteiger charge is -2.37. The third kappa shape index (κ3) is 41.4. The van der Waals surface area contributed by atoms with Crippen LogP contribution in [0.4, 0.5) is 0 Å². The van der Waals surface area contributed by atoms with Crippen LogP contribution >= 0.6 is 0 Å². The van der Waals surface area contributed by atoms with Gasteiger partial charge in [0.05, 0.1) is 19.7 Å². The van der Waals surface area contributed by atoms with E-state index in [0.717, 1.165) is 58.2 Å².